The van der Waals surface area contributed by atoms with Crippen LogP contribution in [0.25, 0.3) is 0 Å². The van der Waals surface area contributed by atoms with Crippen LogP contribution in [0.4, 0.5) is 5.69 Å². The molecule has 0 unspecified atom stereocenters. The molecule has 1 nitrogen and oxygen atoms in total. The van der Waals surface area contributed by atoms with E-state index in [1.165, 1.54) is 24.9 Å². The standard InChI is InChI=1S/C15H21Cl2N/c1-3-15(4-2)7-8-18(11-15)14-6-5-13(17)9-12(14)10-16/h5-6,9H,3-4,7-8,10-11H2,1-2H3. The van der Waals surface area contributed by atoms with Crippen LogP contribution < -0.4 is 4.90 Å². The molecule has 0 amide bonds. The Balaban J connectivity index is 2.24. The molecular weight excluding hydrogens is 265 g/mol. The molecule has 0 aromatic heterocycles. The Bertz CT molecular complexity index is 413. The van der Waals surface area contributed by atoms with Gasteiger partial charge in [0.15, 0.2) is 0 Å². The maximum Gasteiger partial charge on any atom is 0.0495 e. The van der Waals surface area contributed by atoms with Gasteiger partial charge >= 0.3 is 0 Å². The minimum Gasteiger partial charge on any atom is -0.371 e. The Morgan fingerprint density at radius 1 is 1.28 bits per heavy atom. The molecule has 1 aliphatic heterocycles. The molecule has 1 aromatic carbocycles. The zero-order chi connectivity index (χ0) is 13.2. The highest BCUT2D eigenvalue weighted by Gasteiger charge is 2.35. The Morgan fingerprint density at radius 2 is 2.00 bits per heavy atom. The van der Waals surface area contributed by atoms with E-state index < -0.39 is 0 Å². The summed E-state index contributed by atoms with van der Waals surface area (Å²) >= 11 is 12.1. The predicted molar refractivity (Wildman–Crippen MR) is 80.9 cm³/mol. The van der Waals surface area contributed by atoms with Crippen molar-refractivity contribution in [2.45, 2.75) is 39.0 Å². The van der Waals surface area contributed by atoms with Crippen LogP contribution in [0, 0.1) is 5.41 Å². The number of anilines is 1. The van der Waals surface area contributed by atoms with Crippen LogP contribution in [0.5, 0.6) is 0 Å². The molecule has 1 aliphatic rings. The fourth-order valence-corrected chi connectivity index (χ4v) is 3.35. The summed E-state index contributed by atoms with van der Waals surface area (Å²) < 4.78 is 0. The molecule has 1 aromatic rings. The maximum atomic E-state index is 6.04. The lowest BCUT2D eigenvalue weighted by Crippen LogP contribution is -2.26. The molecule has 0 spiro atoms. The first kappa shape index (κ1) is 14.0. The smallest absolute Gasteiger partial charge is 0.0495 e. The Kier molecular flexibility index (Phi) is 4.45. The average molecular weight is 286 g/mol. The summed E-state index contributed by atoms with van der Waals surface area (Å²) in [7, 11) is 0. The van der Waals surface area contributed by atoms with Crippen molar-refractivity contribution in [1.29, 1.82) is 0 Å². The monoisotopic (exact) mass is 285 g/mol. The van der Waals surface area contributed by atoms with Gasteiger partial charge in [-0.15, -0.1) is 11.6 Å². The van der Waals surface area contributed by atoms with E-state index in [1.807, 2.05) is 12.1 Å². The van der Waals surface area contributed by atoms with Gasteiger partial charge in [0.1, 0.15) is 0 Å². The normalized spacial score (nSPS) is 18.3. The largest absolute Gasteiger partial charge is 0.371 e. The second-order valence-electron chi connectivity index (χ2n) is 5.29. The van der Waals surface area contributed by atoms with Gasteiger partial charge in [0.2, 0.25) is 0 Å². The lowest BCUT2D eigenvalue weighted by Gasteiger charge is -2.28. The minimum atomic E-state index is 0.489. The van der Waals surface area contributed by atoms with Crippen molar-refractivity contribution in [3.8, 4) is 0 Å². The second-order valence-corrected chi connectivity index (χ2v) is 5.99. The third-order valence-corrected chi connectivity index (χ3v) is 4.99. The van der Waals surface area contributed by atoms with E-state index in [9.17, 15) is 0 Å². The molecule has 18 heavy (non-hydrogen) atoms. The van der Waals surface area contributed by atoms with E-state index in [0.29, 0.717) is 11.3 Å². The van der Waals surface area contributed by atoms with Crippen LogP contribution in [-0.4, -0.2) is 13.1 Å². The molecule has 100 valence electrons. The van der Waals surface area contributed by atoms with E-state index >= 15 is 0 Å². The highest BCUT2D eigenvalue weighted by Crippen LogP contribution is 2.40. The van der Waals surface area contributed by atoms with Crippen LogP contribution in [-0.2, 0) is 5.88 Å². The summed E-state index contributed by atoms with van der Waals surface area (Å²) in [6.07, 6.45) is 3.79. The SMILES string of the molecule is CCC1(CC)CCN(c2ccc(Cl)cc2CCl)C1. The fourth-order valence-electron chi connectivity index (χ4n) is 2.94. The molecule has 1 heterocycles. The molecular formula is C15H21Cl2N. The maximum absolute atomic E-state index is 6.04. The zero-order valence-electron chi connectivity index (χ0n) is 11.2. The number of nitrogens with zero attached hydrogens (tertiary/aromatic N) is 1. The predicted octanol–water partition coefficient (Wildman–Crippen LogP) is 5.10. The summed E-state index contributed by atoms with van der Waals surface area (Å²) in [6.45, 7) is 6.88. The molecule has 0 atom stereocenters. The first-order valence-electron chi connectivity index (χ1n) is 6.73. The van der Waals surface area contributed by atoms with E-state index in [0.717, 1.165) is 23.7 Å². The van der Waals surface area contributed by atoms with Gasteiger partial charge in [0.05, 0.1) is 0 Å². The summed E-state index contributed by atoms with van der Waals surface area (Å²) in [4.78, 5) is 2.47. The van der Waals surface area contributed by atoms with Crippen LogP contribution in [0.1, 0.15) is 38.7 Å². The van der Waals surface area contributed by atoms with Gasteiger partial charge in [0, 0.05) is 29.7 Å². The van der Waals surface area contributed by atoms with Crippen molar-refractivity contribution in [2.24, 2.45) is 5.41 Å². The first-order valence-corrected chi connectivity index (χ1v) is 7.64. The van der Waals surface area contributed by atoms with Crippen molar-refractivity contribution < 1.29 is 0 Å². The third kappa shape index (κ3) is 2.62. The number of rotatable bonds is 4. The molecule has 0 radical (unpaired) electrons. The number of halogens is 2. The first-order chi connectivity index (χ1) is 8.64. The highest BCUT2D eigenvalue weighted by atomic mass is 35.5. The molecule has 0 N–H and O–H groups in total. The van der Waals surface area contributed by atoms with E-state index in [-0.39, 0.29) is 0 Å². The van der Waals surface area contributed by atoms with Gasteiger partial charge in [-0.2, -0.15) is 0 Å². The Morgan fingerprint density at radius 3 is 2.56 bits per heavy atom. The van der Waals surface area contributed by atoms with E-state index in [2.05, 4.69) is 24.8 Å². The fraction of sp³-hybridized carbons (Fsp3) is 0.600. The van der Waals surface area contributed by atoms with Crippen LogP contribution in [0.15, 0.2) is 18.2 Å². The second kappa shape index (κ2) is 5.71. The number of benzene rings is 1. The average Bonchev–Trinajstić information content (AvgIpc) is 2.83. The molecule has 0 saturated carbocycles. The molecule has 0 aliphatic carbocycles. The van der Waals surface area contributed by atoms with Crippen molar-refractivity contribution in [3.05, 3.63) is 28.8 Å². The van der Waals surface area contributed by atoms with Gasteiger partial charge in [-0.25, -0.2) is 0 Å². The minimum absolute atomic E-state index is 0.489. The van der Waals surface area contributed by atoms with Crippen molar-refractivity contribution in [2.75, 3.05) is 18.0 Å². The molecule has 1 saturated heterocycles. The zero-order valence-corrected chi connectivity index (χ0v) is 12.7. The summed E-state index contributed by atoms with van der Waals surface area (Å²) in [5.41, 5.74) is 2.90. The number of alkyl halides is 1. The lowest BCUT2D eigenvalue weighted by atomic mass is 9.82. The van der Waals surface area contributed by atoms with Gasteiger partial charge in [-0.3, -0.25) is 0 Å². The molecule has 2 rings (SSSR count). The molecule has 0 bridgehead atoms. The number of hydrogen-bond acceptors (Lipinski definition) is 1. The van der Waals surface area contributed by atoms with Gasteiger partial charge in [0.25, 0.3) is 0 Å². The topological polar surface area (TPSA) is 3.24 Å². The van der Waals surface area contributed by atoms with Crippen molar-refractivity contribution in [3.63, 3.8) is 0 Å². The van der Waals surface area contributed by atoms with Gasteiger partial charge in [-0.05, 0) is 48.4 Å². The van der Waals surface area contributed by atoms with Crippen molar-refractivity contribution >= 4 is 28.9 Å². The Hall–Kier alpha value is -0.400. The van der Waals surface area contributed by atoms with Crippen LogP contribution in [0.3, 0.4) is 0 Å². The van der Waals surface area contributed by atoms with Crippen LogP contribution in [0.2, 0.25) is 5.02 Å². The van der Waals surface area contributed by atoms with E-state index in [4.69, 9.17) is 23.2 Å². The van der Waals surface area contributed by atoms with Crippen molar-refractivity contribution in [1.82, 2.24) is 0 Å². The lowest BCUT2D eigenvalue weighted by molar-refractivity contribution is 0.301. The molecule has 1 fully saturated rings. The number of hydrogen-bond donors (Lipinski definition) is 0. The highest BCUT2D eigenvalue weighted by molar-refractivity contribution is 6.30. The quantitative estimate of drug-likeness (QED) is 0.696. The van der Waals surface area contributed by atoms with Crippen LogP contribution >= 0.6 is 23.2 Å². The Labute approximate surface area is 120 Å². The van der Waals surface area contributed by atoms with Gasteiger partial charge in [-0.1, -0.05) is 25.4 Å². The summed E-state index contributed by atoms with van der Waals surface area (Å²) in [6, 6.07) is 6.06. The summed E-state index contributed by atoms with van der Waals surface area (Å²) in [5.74, 6) is 0.525. The third-order valence-electron chi connectivity index (χ3n) is 4.46. The molecule has 3 heteroatoms. The summed E-state index contributed by atoms with van der Waals surface area (Å²) in [5, 5.41) is 0.769. The van der Waals surface area contributed by atoms with E-state index in [1.54, 1.807) is 0 Å². The van der Waals surface area contributed by atoms with Gasteiger partial charge < -0.3 is 4.90 Å².